The number of rotatable bonds is 8. The third-order valence-corrected chi connectivity index (χ3v) is 5.62. The number of carbonyl (C=O) groups is 1. The lowest BCUT2D eigenvalue weighted by Gasteiger charge is -2.22. The van der Waals surface area contributed by atoms with Gasteiger partial charge in [0.15, 0.2) is 0 Å². The van der Waals surface area contributed by atoms with Crippen LogP contribution in [0.1, 0.15) is 24.1 Å². The number of nitrogens with zero attached hydrogens (tertiary/aromatic N) is 2. The fourth-order valence-electron chi connectivity index (χ4n) is 3.18. The molecule has 2 aromatic rings. The molecular weight excluding hydrogens is 350 g/mol. The van der Waals surface area contributed by atoms with E-state index in [1.54, 1.807) is 11.3 Å². The summed E-state index contributed by atoms with van der Waals surface area (Å²) < 4.78 is 10.7. The monoisotopic (exact) mass is 375 g/mol. The fourth-order valence-corrected chi connectivity index (χ4v) is 3.98. The summed E-state index contributed by atoms with van der Waals surface area (Å²) in [5.41, 5.74) is 6.70. The van der Waals surface area contributed by atoms with E-state index in [1.165, 1.54) is 7.11 Å². The van der Waals surface area contributed by atoms with Crippen molar-refractivity contribution in [3.63, 3.8) is 0 Å². The number of nitrogens with two attached hydrogens (primary N) is 1. The van der Waals surface area contributed by atoms with Crippen LogP contribution in [0, 0.1) is 0 Å². The van der Waals surface area contributed by atoms with Gasteiger partial charge in [0.25, 0.3) is 0 Å². The summed E-state index contributed by atoms with van der Waals surface area (Å²) in [5, 5.41) is 0.972. The molecule has 1 aliphatic rings. The quantitative estimate of drug-likeness (QED) is 0.565. The van der Waals surface area contributed by atoms with Crippen LogP contribution in [0.2, 0.25) is 0 Å². The number of carbonyl (C=O) groups excluding carboxylic acids is 1. The van der Waals surface area contributed by atoms with Gasteiger partial charge in [-0.1, -0.05) is 0 Å². The molecule has 1 fully saturated rings. The molecule has 2 heterocycles. The number of hydrogen-bond acceptors (Lipinski definition) is 7. The molecule has 0 bridgehead atoms. The third-order valence-electron chi connectivity index (χ3n) is 4.55. The molecule has 0 saturated carbocycles. The minimum atomic E-state index is -0.126. The molecule has 1 aromatic carbocycles. The van der Waals surface area contributed by atoms with E-state index in [4.69, 9.17) is 15.2 Å². The number of aromatic nitrogens is 1. The Balaban J connectivity index is 1.44. The van der Waals surface area contributed by atoms with Crippen LogP contribution < -0.4 is 10.5 Å². The predicted octanol–water partition coefficient (Wildman–Crippen LogP) is 2.68. The van der Waals surface area contributed by atoms with E-state index in [0.717, 1.165) is 53.5 Å². The van der Waals surface area contributed by atoms with Crippen molar-refractivity contribution in [1.29, 1.82) is 0 Å². The molecule has 0 amide bonds. The van der Waals surface area contributed by atoms with Crippen molar-refractivity contribution < 1.29 is 14.3 Å². The summed E-state index contributed by atoms with van der Waals surface area (Å²) in [5.74, 6) is 0.717. The first-order valence-corrected chi connectivity index (χ1v) is 9.73. The second kappa shape index (κ2) is 9.12. The molecular formula is C19H25N3O3S. The van der Waals surface area contributed by atoms with E-state index in [0.29, 0.717) is 13.2 Å². The fraction of sp³-hybridized carbons (Fsp3) is 0.474. The van der Waals surface area contributed by atoms with Gasteiger partial charge >= 0.3 is 5.97 Å². The van der Waals surface area contributed by atoms with Crippen molar-refractivity contribution in [3.8, 4) is 16.3 Å². The maximum atomic E-state index is 11.7. The molecule has 1 saturated heterocycles. The van der Waals surface area contributed by atoms with Crippen LogP contribution in [0.4, 0.5) is 0 Å². The van der Waals surface area contributed by atoms with Crippen molar-refractivity contribution in [1.82, 2.24) is 9.88 Å². The molecule has 1 aromatic heterocycles. The second-order valence-electron chi connectivity index (χ2n) is 6.28. The Morgan fingerprint density at radius 1 is 1.38 bits per heavy atom. The minimum Gasteiger partial charge on any atom is -0.494 e. The number of methoxy groups -OCH3 is 1. The molecule has 3 rings (SSSR count). The van der Waals surface area contributed by atoms with E-state index in [9.17, 15) is 4.79 Å². The minimum absolute atomic E-state index is 0.0870. The largest absolute Gasteiger partial charge is 0.494 e. The Labute approximate surface area is 157 Å². The SMILES string of the molecule is COC(=O)C1CCCN1CCCOc1ccc(-c2ncc(CN)s2)cc1. The number of thiazole rings is 1. The van der Waals surface area contributed by atoms with E-state index < -0.39 is 0 Å². The van der Waals surface area contributed by atoms with Gasteiger partial charge in [0.2, 0.25) is 0 Å². The molecule has 0 aliphatic carbocycles. The van der Waals surface area contributed by atoms with Crippen molar-refractivity contribution >= 4 is 17.3 Å². The molecule has 26 heavy (non-hydrogen) atoms. The van der Waals surface area contributed by atoms with Crippen LogP contribution in [0.25, 0.3) is 10.6 Å². The Hall–Kier alpha value is -1.96. The molecule has 0 radical (unpaired) electrons. The highest BCUT2D eigenvalue weighted by atomic mass is 32.1. The third kappa shape index (κ3) is 4.60. The molecule has 1 atom stereocenters. The van der Waals surface area contributed by atoms with Gasteiger partial charge in [-0.25, -0.2) is 4.98 Å². The molecule has 6 nitrogen and oxygen atoms in total. The highest BCUT2D eigenvalue weighted by molar-refractivity contribution is 7.15. The molecule has 0 spiro atoms. The zero-order valence-electron chi connectivity index (χ0n) is 15.0. The predicted molar refractivity (Wildman–Crippen MR) is 102 cm³/mol. The lowest BCUT2D eigenvalue weighted by Crippen LogP contribution is -2.37. The Morgan fingerprint density at radius 3 is 2.88 bits per heavy atom. The first kappa shape index (κ1) is 18.8. The Bertz CT molecular complexity index is 717. The van der Waals surface area contributed by atoms with Gasteiger partial charge in [-0.05, 0) is 50.1 Å². The highest BCUT2D eigenvalue weighted by Gasteiger charge is 2.30. The number of esters is 1. The van der Waals surface area contributed by atoms with Crippen LogP contribution in [-0.4, -0.2) is 48.7 Å². The summed E-state index contributed by atoms with van der Waals surface area (Å²) in [6.07, 6.45) is 4.63. The van der Waals surface area contributed by atoms with Crippen molar-refractivity contribution in [3.05, 3.63) is 35.3 Å². The van der Waals surface area contributed by atoms with E-state index in [-0.39, 0.29) is 12.0 Å². The Kier molecular flexibility index (Phi) is 6.60. The van der Waals surface area contributed by atoms with Crippen molar-refractivity contribution in [2.45, 2.75) is 31.8 Å². The first-order chi connectivity index (χ1) is 12.7. The zero-order chi connectivity index (χ0) is 18.4. The van der Waals surface area contributed by atoms with Gasteiger partial charge in [0, 0.05) is 29.7 Å². The van der Waals surface area contributed by atoms with Gasteiger partial charge in [-0.2, -0.15) is 0 Å². The first-order valence-electron chi connectivity index (χ1n) is 8.91. The average molecular weight is 375 g/mol. The van der Waals surface area contributed by atoms with E-state index in [2.05, 4.69) is 9.88 Å². The lowest BCUT2D eigenvalue weighted by atomic mass is 10.2. The number of likely N-dealkylation sites (tertiary alicyclic amines) is 1. The standard InChI is InChI=1S/C19H25N3O3S/c1-24-19(23)17-4-2-9-22(17)10-3-11-25-15-7-5-14(6-8-15)18-21-13-16(12-20)26-18/h5-8,13,17H,2-4,9-12,20H2,1H3. The van der Waals surface area contributed by atoms with Crippen molar-refractivity contribution in [2.24, 2.45) is 5.73 Å². The van der Waals surface area contributed by atoms with Gasteiger partial charge < -0.3 is 15.2 Å². The lowest BCUT2D eigenvalue weighted by molar-refractivity contribution is -0.145. The van der Waals surface area contributed by atoms with Gasteiger partial charge in [-0.3, -0.25) is 9.69 Å². The van der Waals surface area contributed by atoms with Crippen LogP contribution in [0.15, 0.2) is 30.5 Å². The summed E-state index contributed by atoms with van der Waals surface area (Å²) in [6, 6.07) is 7.87. The van der Waals surface area contributed by atoms with Crippen LogP contribution in [-0.2, 0) is 16.1 Å². The van der Waals surface area contributed by atoms with Gasteiger partial charge in [0.1, 0.15) is 16.8 Å². The van der Waals surface area contributed by atoms with Crippen LogP contribution in [0.3, 0.4) is 0 Å². The topological polar surface area (TPSA) is 77.7 Å². The number of benzene rings is 1. The van der Waals surface area contributed by atoms with E-state index in [1.807, 2.05) is 30.5 Å². The normalized spacial score (nSPS) is 17.4. The van der Waals surface area contributed by atoms with Crippen LogP contribution in [0.5, 0.6) is 5.75 Å². The summed E-state index contributed by atoms with van der Waals surface area (Å²) >= 11 is 1.61. The van der Waals surface area contributed by atoms with Crippen molar-refractivity contribution in [2.75, 3.05) is 26.8 Å². The molecule has 2 N–H and O–H groups in total. The second-order valence-corrected chi connectivity index (χ2v) is 7.39. The van der Waals surface area contributed by atoms with Gasteiger partial charge in [0.05, 0.1) is 13.7 Å². The maximum Gasteiger partial charge on any atom is 0.323 e. The molecule has 1 unspecified atom stereocenters. The van der Waals surface area contributed by atoms with Crippen LogP contribution >= 0.6 is 11.3 Å². The summed E-state index contributed by atoms with van der Waals surface area (Å²) in [6.45, 7) is 2.94. The molecule has 1 aliphatic heterocycles. The molecule has 140 valence electrons. The zero-order valence-corrected chi connectivity index (χ0v) is 15.8. The molecule has 7 heteroatoms. The van der Waals surface area contributed by atoms with E-state index >= 15 is 0 Å². The Morgan fingerprint density at radius 2 is 2.19 bits per heavy atom. The maximum absolute atomic E-state index is 11.7. The average Bonchev–Trinajstić information content (AvgIpc) is 3.34. The number of ether oxygens (including phenoxy) is 2. The highest BCUT2D eigenvalue weighted by Crippen LogP contribution is 2.26. The number of hydrogen-bond donors (Lipinski definition) is 1. The summed E-state index contributed by atoms with van der Waals surface area (Å²) in [4.78, 5) is 19.4. The smallest absolute Gasteiger partial charge is 0.323 e. The summed E-state index contributed by atoms with van der Waals surface area (Å²) in [7, 11) is 1.45. The van der Waals surface area contributed by atoms with Gasteiger partial charge in [-0.15, -0.1) is 11.3 Å².